The van der Waals surface area contributed by atoms with Crippen molar-refractivity contribution in [1.82, 2.24) is 0 Å². The van der Waals surface area contributed by atoms with E-state index in [1.807, 2.05) is 0 Å². The van der Waals surface area contributed by atoms with Gasteiger partial charge in [0.1, 0.15) is 0 Å². The second kappa shape index (κ2) is 4.47. The summed E-state index contributed by atoms with van der Waals surface area (Å²) < 4.78 is 24.7. The molecule has 86 valence electrons. The van der Waals surface area contributed by atoms with Crippen molar-refractivity contribution < 1.29 is 14.0 Å². The Morgan fingerprint density at radius 1 is 1.38 bits per heavy atom. The van der Waals surface area contributed by atoms with Crippen LogP contribution in [0.4, 0.5) is 14.5 Å². The van der Waals surface area contributed by atoms with Crippen LogP contribution in [0.5, 0.6) is 0 Å². The highest BCUT2D eigenvalue weighted by Gasteiger charge is 2.23. The summed E-state index contributed by atoms with van der Waals surface area (Å²) in [7, 11) is 0. The van der Waals surface area contributed by atoms with Gasteiger partial charge < -0.3 is 10.1 Å². The van der Waals surface area contributed by atoms with Gasteiger partial charge >= 0.3 is 0 Å². The van der Waals surface area contributed by atoms with E-state index < -0.39 is 6.43 Å². The number of rotatable bonds is 2. The molecule has 2 rings (SSSR count). The van der Waals surface area contributed by atoms with Crippen LogP contribution in [0.25, 0.3) is 0 Å². The van der Waals surface area contributed by atoms with Gasteiger partial charge in [-0.3, -0.25) is 0 Å². The predicted molar refractivity (Wildman–Crippen MR) is 57.6 cm³/mol. The number of benzene rings is 1. The van der Waals surface area contributed by atoms with Crippen molar-refractivity contribution in [2.45, 2.75) is 12.8 Å². The number of para-hydroxylation sites is 1. The number of halogens is 2. The fraction of sp³-hybridized carbons (Fsp3) is 0.364. The maximum atomic E-state index is 12.4. The largest absolute Gasteiger partial charge is 0.411 e. The summed E-state index contributed by atoms with van der Waals surface area (Å²) in [6.07, 6.45) is -1.87. The van der Waals surface area contributed by atoms with Gasteiger partial charge in [0.2, 0.25) is 0 Å². The van der Waals surface area contributed by atoms with Gasteiger partial charge in [-0.25, -0.2) is 8.78 Å². The van der Waals surface area contributed by atoms with Crippen molar-refractivity contribution in [3.63, 3.8) is 0 Å². The Bertz CT molecular complexity index is 407. The molecule has 0 saturated heterocycles. The molecule has 1 aromatic rings. The average molecular weight is 226 g/mol. The van der Waals surface area contributed by atoms with Crippen LogP contribution in [0, 0.1) is 0 Å². The maximum absolute atomic E-state index is 12.4. The van der Waals surface area contributed by atoms with Gasteiger partial charge in [0.05, 0.1) is 12.3 Å². The fourth-order valence-corrected chi connectivity index (χ4v) is 1.95. The topological polar surface area (TPSA) is 35.8 Å². The van der Waals surface area contributed by atoms with E-state index >= 15 is 0 Å². The summed E-state index contributed by atoms with van der Waals surface area (Å²) in [4.78, 5) is 1.62. The third-order valence-corrected chi connectivity index (χ3v) is 2.65. The van der Waals surface area contributed by atoms with Crippen LogP contribution in [0.2, 0.25) is 0 Å². The Balaban J connectivity index is 2.35. The minimum atomic E-state index is -2.36. The van der Waals surface area contributed by atoms with Crippen LogP contribution in [-0.4, -0.2) is 30.4 Å². The summed E-state index contributed by atoms with van der Waals surface area (Å²) in [5.41, 5.74) is 2.00. The Morgan fingerprint density at radius 3 is 2.81 bits per heavy atom. The smallest absolute Gasteiger partial charge is 0.255 e. The van der Waals surface area contributed by atoms with Gasteiger partial charge in [-0.2, -0.15) is 0 Å². The normalized spacial score (nSPS) is 17.9. The van der Waals surface area contributed by atoms with E-state index in [-0.39, 0.29) is 6.54 Å². The van der Waals surface area contributed by atoms with Crippen molar-refractivity contribution in [3.05, 3.63) is 29.8 Å². The Morgan fingerprint density at radius 2 is 2.12 bits per heavy atom. The lowest BCUT2D eigenvalue weighted by Gasteiger charge is -2.31. The molecule has 1 aromatic carbocycles. The van der Waals surface area contributed by atoms with Gasteiger partial charge in [0.15, 0.2) is 0 Å². The zero-order valence-electron chi connectivity index (χ0n) is 8.61. The highest BCUT2D eigenvalue weighted by molar-refractivity contribution is 6.06. The summed E-state index contributed by atoms with van der Waals surface area (Å²) in [6.45, 7) is 0.177. The molecule has 0 aliphatic carbocycles. The molecule has 1 aliphatic rings. The molecule has 1 aliphatic heterocycles. The van der Waals surface area contributed by atoms with E-state index in [1.165, 1.54) is 0 Å². The van der Waals surface area contributed by atoms with E-state index in [4.69, 9.17) is 5.21 Å². The van der Waals surface area contributed by atoms with Gasteiger partial charge in [-0.15, -0.1) is 0 Å². The van der Waals surface area contributed by atoms with Gasteiger partial charge in [-0.05, 0) is 6.07 Å². The van der Waals surface area contributed by atoms with E-state index in [0.717, 1.165) is 5.56 Å². The Labute approximate surface area is 92.0 Å². The molecule has 16 heavy (non-hydrogen) atoms. The fourth-order valence-electron chi connectivity index (χ4n) is 1.95. The molecule has 0 spiro atoms. The molecule has 5 heteroatoms. The molecule has 0 bridgehead atoms. The number of hydrogen-bond donors (Lipinski definition) is 1. The molecule has 0 amide bonds. The SMILES string of the molecule is ON=C1CCN(CC(F)F)c2ccccc21. The molecule has 0 atom stereocenters. The molecule has 0 unspecified atom stereocenters. The lowest BCUT2D eigenvalue weighted by molar-refractivity contribution is 0.155. The predicted octanol–water partition coefficient (Wildman–Crippen LogP) is 2.34. The standard InChI is InChI=1S/C11H12F2N2O/c12-11(13)7-15-6-5-9(14-16)8-3-1-2-4-10(8)15/h1-4,11,16H,5-7H2. The summed E-state index contributed by atoms with van der Waals surface area (Å²) >= 11 is 0. The number of hydrogen-bond acceptors (Lipinski definition) is 3. The molecule has 0 aromatic heterocycles. The molecule has 0 radical (unpaired) electrons. The lowest BCUT2D eigenvalue weighted by Crippen LogP contribution is -2.35. The minimum absolute atomic E-state index is 0.282. The number of oxime groups is 1. The van der Waals surface area contributed by atoms with E-state index in [9.17, 15) is 8.78 Å². The van der Waals surface area contributed by atoms with Crippen LogP contribution in [-0.2, 0) is 0 Å². The number of nitrogens with zero attached hydrogens (tertiary/aromatic N) is 2. The first-order valence-electron chi connectivity index (χ1n) is 5.06. The van der Waals surface area contributed by atoms with Crippen LogP contribution >= 0.6 is 0 Å². The third kappa shape index (κ3) is 1.98. The van der Waals surface area contributed by atoms with Gasteiger partial charge in [0.25, 0.3) is 6.43 Å². The monoisotopic (exact) mass is 226 g/mol. The zero-order chi connectivity index (χ0) is 11.5. The third-order valence-electron chi connectivity index (χ3n) is 2.65. The van der Waals surface area contributed by atoms with Crippen molar-refractivity contribution in [2.75, 3.05) is 18.0 Å². The van der Waals surface area contributed by atoms with Crippen LogP contribution < -0.4 is 4.90 Å². The quantitative estimate of drug-likeness (QED) is 0.620. The van der Waals surface area contributed by atoms with Gasteiger partial charge in [-0.1, -0.05) is 23.4 Å². The average Bonchev–Trinajstić information content (AvgIpc) is 2.29. The van der Waals surface area contributed by atoms with Crippen molar-refractivity contribution in [1.29, 1.82) is 0 Å². The van der Waals surface area contributed by atoms with Gasteiger partial charge in [0, 0.05) is 24.2 Å². The van der Waals surface area contributed by atoms with E-state index in [0.29, 0.717) is 24.4 Å². The molecule has 0 fully saturated rings. The minimum Gasteiger partial charge on any atom is -0.411 e. The molecule has 0 saturated carbocycles. The first-order chi connectivity index (χ1) is 7.72. The van der Waals surface area contributed by atoms with Crippen molar-refractivity contribution in [3.8, 4) is 0 Å². The lowest BCUT2D eigenvalue weighted by atomic mass is 10.00. The summed E-state index contributed by atoms with van der Waals surface area (Å²) in [5.74, 6) is 0. The highest BCUT2D eigenvalue weighted by atomic mass is 19.3. The number of alkyl halides is 2. The molecule has 1 N–H and O–H groups in total. The van der Waals surface area contributed by atoms with Crippen molar-refractivity contribution >= 4 is 11.4 Å². The van der Waals surface area contributed by atoms with Crippen LogP contribution in [0.15, 0.2) is 29.4 Å². The van der Waals surface area contributed by atoms with E-state index in [1.54, 1.807) is 29.2 Å². The molecule has 1 heterocycles. The second-order valence-corrected chi connectivity index (χ2v) is 3.65. The second-order valence-electron chi connectivity index (χ2n) is 3.65. The first-order valence-corrected chi connectivity index (χ1v) is 5.06. The molecular weight excluding hydrogens is 214 g/mol. The maximum Gasteiger partial charge on any atom is 0.255 e. The van der Waals surface area contributed by atoms with Crippen LogP contribution in [0.3, 0.4) is 0 Å². The molecular formula is C11H12F2N2O. The zero-order valence-corrected chi connectivity index (χ0v) is 8.61. The Kier molecular flexibility index (Phi) is 3.03. The van der Waals surface area contributed by atoms with E-state index in [2.05, 4.69) is 5.16 Å². The summed E-state index contributed by atoms with van der Waals surface area (Å²) in [6, 6.07) is 7.14. The summed E-state index contributed by atoms with van der Waals surface area (Å²) in [5, 5.41) is 12.0. The number of anilines is 1. The first kappa shape index (κ1) is 10.9. The Hall–Kier alpha value is -1.65. The number of fused-ring (bicyclic) bond motifs is 1. The molecule has 3 nitrogen and oxygen atoms in total. The highest BCUT2D eigenvalue weighted by Crippen LogP contribution is 2.27. The van der Waals surface area contributed by atoms with Crippen molar-refractivity contribution in [2.24, 2.45) is 5.16 Å². The van der Waals surface area contributed by atoms with Crippen LogP contribution in [0.1, 0.15) is 12.0 Å².